The highest BCUT2D eigenvalue weighted by molar-refractivity contribution is 7.89. The quantitative estimate of drug-likeness (QED) is 0.935. The molecule has 0 saturated heterocycles. The van der Waals surface area contributed by atoms with E-state index in [0.717, 1.165) is 23.8 Å². The monoisotopic (exact) mass is 329 g/mol. The number of benzene rings is 2. The molecule has 2 aromatic carbocycles. The van der Waals surface area contributed by atoms with Crippen LogP contribution in [0.4, 0.5) is 13.2 Å². The Morgan fingerprint density at radius 1 is 1.00 bits per heavy atom. The van der Waals surface area contributed by atoms with E-state index in [4.69, 9.17) is 0 Å². The fraction of sp³-hybridized carbons (Fsp3) is 0.200. The molecule has 0 fully saturated rings. The van der Waals surface area contributed by atoms with Gasteiger partial charge in [0.1, 0.15) is 0 Å². The number of sulfonamides is 1. The van der Waals surface area contributed by atoms with Crippen LogP contribution in [0.3, 0.4) is 0 Å². The standard InChI is InChI=1S/C15H14F3NO2S/c1-10-3-5-11(6-4-10)13-9-12(15(16,17)18)7-8-14(13)22(20,21)19-2/h3-9,19H,1-2H3. The minimum atomic E-state index is -4.54. The number of nitrogens with one attached hydrogen (secondary N) is 1. The molecule has 0 aliphatic heterocycles. The molecule has 0 radical (unpaired) electrons. The van der Waals surface area contributed by atoms with Gasteiger partial charge in [0, 0.05) is 5.56 Å². The van der Waals surface area contributed by atoms with Crippen LogP contribution in [-0.2, 0) is 16.2 Å². The molecule has 0 aromatic heterocycles. The van der Waals surface area contributed by atoms with Gasteiger partial charge in [-0.2, -0.15) is 13.2 Å². The number of halogens is 3. The number of aryl methyl sites for hydroxylation is 1. The minimum absolute atomic E-state index is 0.0178. The van der Waals surface area contributed by atoms with E-state index < -0.39 is 21.8 Å². The van der Waals surface area contributed by atoms with Crippen LogP contribution < -0.4 is 4.72 Å². The van der Waals surface area contributed by atoms with E-state index in [-0.39, 0.29) is 10.5 Å². The summed E-state index contributed by atoms with van der Waals surface area (Å²) in [6, 6.07) is 9.22. The molecule has 118 valence electrons. The van der Waals surface area contributed by atoms with E-state index in [9.17, 15) is 21.6 Å². The topological polar surface area (TPSA) is 46.2 Å². The molecular formula is C15H14F3NO2S. The predicted molar refractivity (Wildman–Crippen MR) is 77.9 cm³/mol. The van der Waals surface area contributed by atoms with Crippen molar-refractivity contribution in [2.45, 2.75) is 18.0 Å². The average Bonchev–Trinajstić information content (AvgIpc) is 2.46. The first-order valence-electron chi connectivity index (χ1n) is 6.37. The summed E-state index contributed by atoms with van der Waals surface area (Å²) in [6.07, 6.45) is -4.54. The fourth-order valence-electron chi connectivity index (χ4n) is 2.01. The summed E-state index contributed by atoms with van der Waals surface area (Å²) < 4.78 is 64.9. The molecular weight excluding hydrogens is 315 g/mol. The van der Waals surface area contributed by atoms with Gasteiger partial charge in [-0.15, -0.1) is 0 Å². The Labute approximate surface area is 126 Å². The normalized spacial score (nSPS) is 12.4. The molecule has 0 spiro atoms. The smallest absolute Gasteiger partial charge is 0.214 e. The first-order chi connectivity index (χ1) is 10.1. The average molecular weight is 329 g/mol. The van der Waals surface area contributed by atoms with E-state index in [1.807, 2.05) is 6.92 Å². The van der Waals surface area contributed by atoms with E-state index in [2.05, 4.69) is 4.72 Å². The Kier molecular flexibility index (Phi) is 4.30. The third-order valence-electron chi connectivity index (χ3n) is 3.23. The molecule has 0 unspecified atom stereocenters. The molecule has 0 aliphatic carbocycles. The lowest BCUT2D eigenvalue weighted by molar-refractivity contribution is -0.137. The van der Waals surface area contributed by atoms with E-state index in [1.54, 1.807) is 24.3 Å². The second kappa shape index (κ2) is 5.73. The van der Waals surface area contributed by atoms with Gasteiger partial charge in [0.05, 0.1) is 10.5 Å². The fourth-order valence-corrected chi connectivity index (χ4v) is 2.94. The second-order valence-corrected chi connectivity index (χ2v) is 6.64. The Morgan fingerprint density at radius 3 is 2.09 bits per heavy atom. The van der Waals surface area contributed by atoms with E-state index in [0.29, 0.717) is 5.56 Å². The van der Waals surface area contributed by atoms with Crippen molar-refractivity contribution in [3.63, 3.8) is 0 Å². The molecule has 0 saturated carbocycles. The van der Waals surface area contributed by atoms with E-state index >= 15 is 0 Å². The molecule has 7 heteroatoms. The van der Waals surface area contributed by atoms with Crippen molar-refractivity contribution >= 4 is 10.0 Å². The van der Waals surface area contributed by atoms with Crippen LogP contribution in [0.15, 0.2) is 47.4 Å². The largest absolute Gasteiger partial charge is 0.416 e. The SMILES string of the molecule is CNS(=O)(=O)c1ccc(C(F)(F)F)cc1-c1ccc(C)cc1. The van der Waals surface area contributed by atoms with Crippen molar-refractivity contribution in [1.82, 2.24) is 4.72 Å². The molecule has 0 aliphatic rings. The zero-order chi connectivity index (χ0) is 16.5. The van der Waals surface area contributed by atoms with Crippen LogP contribution in [0.2, 0.25) is 0 Å². The Balaban J connectivity index is 2.73. The molecule has 3 nitrogen and oxygen atoms in total. The minimum Gasteiger partial charge on any atom is -0.214 e. The Morgan fingerprint density at radius 2 is 1.59 bits per heavy atom. The molecule has 0 heterocycles. The van der Waals surface area contributed by atoms with Gasteiger partial charge < -0.3 is 0 Å². The van der Waals surface area contributed by atoms with Gasteiger partial charge >= 0.3 is 6.18 Å². The highest BCUT2D eigenvalue weighted by Gasteiger charge is 2.32. The molecule has 0 amide bonds. The van der Waals surface area contributed by atoms with Crippen molar-refractivity contribution in [2.24, 2.45) is 0 Å². The van der Waals surface area contributed by atoms with Crippen molar-refractivity contribution in [3.8, 4) is 11.1 Å². The molecule has 22 heavy (non-hydrogen) atoms. The lowest BCUT2D eigenvalue weighted by Crippen LogP contribution is -2.20. The zero-order valence-electron chi connectivity index (χ0n) is 11.9. The van der Waals surface area contributed by atoms with Crippen LogP contribution in [0.25, 0.3) is 11.1 Å². The Hall–Kier alpha value is -1.86. The highest BCUT2D eigenvalue weighted by atomic mass is 32.2. The summed E-state index contributed by atoms with van der Waals surface area (Å²) in [7, 11) is -2.65. The summed E-state index contributed by atoms with van der Waals surface area (Å²) >= 11 is 0. The molecule has 0 bridgehead atoms. The van der Waals surface area contributed by atoms with Crippen molar-refractivity contribution < 1.29 is 21.6 Å². The van der Waals surface area contributed by atoms with Crippen LogP contribution in [0, 0.1) is 6.92 Å². The summed E-state index contributed by atoms with van der Waals surface area (Å²) in [6.45, 7) is 1.83. The number of alkyl halides is 3. The molecule has 0 atom stereocenters. The first-order valence-corrected chi connectivity index (χ1v) is 7.85. The van der Waals surface area contributed by atoms with Crippen molar-refractivity contribution in [3.05, 3.63) is 53.6 Å². The van der Waals surface area contributed by atoms with Gasteiger partial charge in [0.25, 0.3) is 0 Å². The molecule has 2 aromatic rings. The van der Waals surface area contributed by atoms with Crippen LogP contribution in [0.5, 0.6) is 0 Å². The lowest BCUT2D eigenvalue weighted by atomic mass is 10.0. The molecule has 2 rings (SSSR count). The summed E-state index contributed by atoms with van der Waals surface area (Å²) in [5.41, 5.74) is 0.460. The maximum Gasteiger partial charge on any atom is 0.416 e. The van der Waals surface area contributed by atoms with Crippen molar-refractivity contribution in [1.29, 1.82) is 0 Å². The third kappa shape index (κ3) is 3.31. The van der Waals surface area contributed by atoms with E-state index in [1.165, 1.54) is 7.05 Å². The van der Waals surface area contributed by atoms with Gasteiger partial charge in [-0.25, -0.2) is 13.1 Å². The van der Waals surface area contributed by atoms with Crippen LogP contribution in [-0.4, -0.2) is 15.5 Å². The summed E-state index contributed by atoms with van der Waals surface area (Å²) in [5.74, 6) is 0. The third-order valence-corrected chi connectivity index (χ3v) is 4.70. The number of hydrogen-bond acceptors (Lipinski definition) is 2. The van der Waals surface area contributed by atoms with Gasteiger partial charge in [-0.05, 0) is 37.7 Å². The van der Waals surface area contributed by atoms with Crippen LogP contribution in [0.1, 0.15) is 11.1 Å². The second-order valence-electron chi connectivity index (χ2n) is 4.78. The first kappa shape index (κ1) is 16.5. The maximum absolute atomic E-state index is 12.9. The van der Waals surface area contributed by atoms with Crippen LogP contribution >= 0.6 is 0 Å². The molecule has 1 N–H and O–H groups in total. The van der Waals surface area contributed by atoms with Gasteiger partial charge in [0.2, 0.25) is 10.0 Å². The Bertz CT molecular complexity index is 781. The van der Waals surface area contributed by atoms with Gasteiger partial charge in [0.15, 0.2) is 0 Å². The van der Waals surface area contributed by atoms with Gasteiger partial charge in [-0.1, -0.05) is 29.8 Å². The zero-order valence-corrected chi connectivity index (χ0v) is 12.7. The summed E-state index contributed by atoms with van der Waals surface area (Å²) in [5, 5.41) is 0. The lowest BCUT2D eigenvalue weighted by Gasteiger charge is -2.14. The number of hydrogen-bond donors (Lipinski definition) is 1. The van der Waals surface area contributed by atoms with Crippen molar-refractivity contribution in [2.75, 3.05) is 7.05 Å². The predicted octanol–water partition coefficient (Wildman–Crippen LogP) is 3.59. The number of rotatable bonds is 3. The highest BCUT2D eigenvalue weighted by Crippen LogP contribution is 2.35. The summed E-state index contributed by atoms with van der Waals surface area (Å²) in [4.78, 5) is -0.188. The van der Waals surface area contributed by atoms with Gasteiger partial charge in [-0.3, -0.25) is 0 Å². The maximum atomic E-state index is 12.9.